The standard InChI is InChI=1S/C14H15F2NO/c1-18-13-7-6-10(8-17-9-14(15)16)11-4-2-3-5-12(11)13/h2-7,14,17H,8-9H2,1H3. The predicted octanol–water partition coefficient (Wildman–Crippen LogP) is 3.20. The first kappa shape index (κ1) is 12.8. The minimum absolute atomic E-state index is 0.291. The molecule has 0 spiro atoms. The van der Waals surface area contributed by atoms with Gasteiger partial charge in [-0.05, 0) is 17.0 Å². The summed E-state index contributed by atoms with van der Waals surface area (Å²) in [7, 11) is 1.62. The first-order chi connectivity index (χ1) is 8.72. The van der Waals surface area contributed by atoms with Gasteiger partial charge in [0.1, 0.15) is 5.75 Å². The molecule has 4 heteroatoms. The maximum absolute atomic E-state index is 12.1. The van der Waals surface area contributed by atoms with Crippen molar-refractivity contribution in [3.8, 4) is 5.75 Å². The lowest BCUT2D eigenvalue weighted by atomic mass is 10.0. The highest BCUT2D eigenvalue weighted by Gasteiger charge is 2.06. The van der Waals surface area contributed by atoms with E-state index in [4.69, 9.17) is 4.74 Å². The highest BCUT2D eigenvalue weighted by molar-refractivity contribution is 5.91. The Labute approximate surface area is 105 Å². The first-order valence-electron chi connectivity index (χ1n) is 5.76. The smallest absolute Gasteiger partial charge is 0.250 e. The van der Waals surface area contributed by atoms with Crippen LogP contribution in [0.1, 0.15) is 5.56 Å². The summed E-state index contributed by atoms with van der Waals surface area (Å²) in [5.41, 5.74) is 0.993. The number of alkyl halides is 2. The van der Waals surface area contributed by atoms with Crippen LogP contribution in [-0.4, -0.2) is 20.1 Å². The van der Waals surface area contributed by atoms with E-state index >= 15 is 0 Å². The van der Waals surface area contributed by atoms with Crippen molar-refractivity contribution >= 4 is 10.8 Å². The number of hydrogen-bond donors (Lipinski definition) is 1. The second-order valence-electron chi connectivity index (χ2n) is 3.99. The lowest BCUT2D eigenvalue weighted by Crippen LogP contribution is -2.20. The quantitative estimate of drug-likeness (QED) is 0.881. The number of benzene rings is 2. The van der Waals surface area contributed by atoms with Crippen molar-refractivity contribution < 1.29 is 13.5 Å². The molecule has 2 rings (SSSR count). The molecule has 0 aliphatic carbocycles. The zero-order valence-corrected chi connectivity index (χ0v) is 10.1. The minimum atomic E-state index is -2.32. The summed E-state index contributed by atoms with van der Waals surface area (Å²) in [5, 5.41) is 4.76. The van der Waals surface area contributed by atoms with Crippen molar-refractivity contribution in [2.45, 2.75) is 13.0 Å². The summed E-state index contributed by atoms with van der Waals surface area (Å²) in [6, 6.07) is 11.6. The molecule has 96 valence electrons. The molecular formula is C14H15F2NO. The van der Waals surface area contributed by atoms with Crippen LogP contribution in [-0.2, 0) is 6.54 Å². The van der Waals surface area contributed by atoms with Gasteiger partial charge in [0, 0.05) is 11.9 Å². The van der Waals surface area contributed by atoms with Gasteiger partial charge in [-0.2, -0.15) is 0 Å². The lowest BCUT2D eigenvalue weighted by molar-refractivity contribution is 0.145. The molecule has 0 bridgehead atoms. The SMILES string of the molecule is COc1ccc(CNCC(F)F)c2ccccc12. The average Bonchev–Trinajstić information content (AvgIpc) is 2.38. The second kappa shape index (κ2) is 5.78. The van der Waals surface area contributed by atoms with Crippen LogP contribution in [0, 0.1) is 0 Å². The Kier molecular flexibility index (Phi) is 4.10. The van der Waals surface area contributed by atoms with E-state index < -0.39 is 6.43 Å². The normalized spacial score (nSPS) is 11.1. The lowest BCUT2D eigenvalue weighted by Gasteiger charge is -2.11. The molecule has 0 radical (unpaired) electrons. The van der Waals surface area contributed by atoms with Crippen molar-refractivity contribution in [3.63, 3.8) is 0 Å². The summed E-state index contributed by atoms with van der Waals surface area (Å²) < 4.78 is 29.5. The molecule has 0 amide bonds. The molecule has 0 saturated carbocycles. The fraction of sp³-hybridized carbons (Fsp3) is 0.286. The van der Waals surface area contributed by atoms with Gasteiger partial charge in [-0.3, -0.25) is 0 Å². The van der Waals surface area contributed by atoms with E-state index in [2.05, 4.69) is 5.32 Å². The van der Waals surface area contributed by atoms with Crippen LogP contribution in [0.2, 0.25) is 0 Å². The molecule has 0 saturated heterocycles. The fourth-order valence-electron chi connectivity index (χ4n) is 1.98. The summed E-state index contributed by atoms with van der Waals surface area (Å²) in [6.45, 7) is 0.134. The van der Waals surface area contributed by atoms with Gasteiger partial charge in [-0.15, -0.1) is 0 Å². The van der Waals surface area contributed by atoms with Crippen molar-refractivity contribution in [1.82, 2.24) is 5.32 Å². The maximum atomic E-state index is 12.1. The third-order valence-corrected chi connectivity index (χ3v) is 2.81. The van der Waals surface area contributed by atoms with E-state index in [1.807, 2.05) is 36.4 Å². The molecular weight excluding hydrogens is 236 g/mol. The number of methoxy groups -OCH3 is 1. The van der Waals surface area contributed by atoms with E-state index in [1.165, 1.54) is 0 Å². The van der Waals surface area contributed by atoms with Crippen molar-refractivity contribution in [1.29, 1.82) is 0 Å². The van der Waals surface area contributed by atoms with Crippen LogP contribution in [0.4, 0.5) is 8.78 Å². The Morgan fingerprint density at radius 2 is 1.83 bits per heavy atom. The Balaban J connectivity index is 2.28. The molecule has 0 aliphatic rings. The molecule has 0 unspecified atom stereocenters. The van der Waals surface area contributed by atoms with E-state index in [1.54, 1.807) is 7.11 Å². The van der Waals surface area contributed by atoms with E-state index in [9.17, 15) is 8.78 Å². The van der Waals surface area contributed by atoms with Gasteiger partial charge in [0.05, 0.1) is 13.7 Å². The minimum Gasteiger partial charge on any atom is -0.496 e. The fourth-order valence-corrected chi connectivity index (χ4v) is 1.98. The third kappa shape index (κ3) is 2.76. The van der Waals surface area contributed by atoms with Crippen LogP contribution in [0.3, 0.4) is 0 Å². The van der Waals surface area contributed by atoms with Gasteiger partial charge in [0.25, 0.3) is 6.43 Å². The highest BCUT2D eigenvalue weighted by atomic mass is 19.3. The number of nitrogens with one attached hydrogen (secondary N) is 1. The van der Waals surface area contributed by atoms with Crippen LogP contribution < -0.4 is 10.1 Å². The molecule has 18 heavy (non-hydrogen) atoms. The second-order valence-corrected chi connectivity index (χ2v) is 3.99. The van der Waals surface area contributed by atoms with Gasteiger partial charge in [0.2, 0.25) is 0 Å². The third-order valence-electron chi connectivity index (χ3n) is 2.81. The molecule has 0 aliphatic heterocycles. The molecule has 0 atom stereocenters. The van der Waals surface area contributed by atoms with Crippen LogP contribution in [0.15, 0.2) is 36.4 Å². The summed E-state index contributed by atoms with van der Waals surface area (Å²) in [5.74, 6) is 0.795. The summed E-state index contributed by atoms with van der Waals surface area (Å²) >= 11 is 0. The average molecular weight is 251 g/mol. The maximum Gasteiger partial charge on any atom is 0.250 e. The van der Waals surface area contributed by atoms with E-state index in [-0.39, 0.29) is 6.54 Å². The Hall–Kier alpha value is -1.68. The monoisotopic (exact) mass is 251 g/mol. The van der Waals surface area contributed by atoms with Crippen molar-refractivity contribution in [2.24, 2.45) is 0 Å². The van der Waals surface area contributed by atoms with Gasteiger partial charge in [-0.1, -0.05) is 30.3 Å². The summed E-state index contributed by atoms with van der Waals surface area (Å²) in [4.78, 5) is 0. The highest BCUT2D eigenvalue weighted by Crippen LogP contribution is 2.28. The van der Waals surface area contributed by atoms with Gasteiger partial charge in [-0.25, -0.2) is 8.78 Å². The van der Waals surface area contributed by atoms with Gasteiger partial charge >= 0.3 is 0 Å². The molecule has 0 heterocycles. The number of hydrogen-bond acceptors (Lipinski definition) is 2. The number of rotatable bonds is 5. The number of ether oxygens (including phenoxy) is 1. The Morgan fingerprint density at radius 1 is 1.11 bits per heavy atom. The first-order valence-corrected chi connectivity index (χ1v) is 5.76. The van der Waals surface area contributed by atoms with E-state index in [0.717, 1.165) is 22.1 Å². The largest absolute Gasteiger partial charge is 0.496 e. The Morgan fingerprint density at radius 3 is 2.50 bits per heavy atom. The topological polar surface area (TPSA) is 21.3 Å². The Bertz CT molecular complexity index is 528. The zero-order chi connectivity index (χ0) is 13.0. The predicted molar refractivity (Wildman–Crippen MR) is 68.2 cm³/mol. The molecule has 1 N–H and O–H groups in total. The van der Waals surface area contributed by atoms with Crippen LogP contribution in [0.25, 0.3) is 10.8 Å². The summed E-state index contributed by atoms with van der Waals surface area (Å²) in [6.07, 6.45) is -2.32. The van der Waals surface area contributed by atoms with E-state index in [0.29, 0.717) is 6.54 Å². The van der Waals surface area contributed by atoms with Gasteiger partial charge in [0.15, 0.2) is 0 Å². The van der Waals surface area contributed by atoms with Crippen LogP contribution >= 0.6 is 0 Å². The molecule has 0 fully saturated rings. The number of fused-ring (bicyclic) bond motifs is 1. The molecule has 2 nitrogen and oxygen atoms in total. The molecule has 2 aromatic rings. The van der Waals surface area contributed by atoms with Crippen molar-refractivity contribution in [2.75, 3.05) is 13.7 Å². The van der Waals surface area contributed by atoms with Crippen molar-refractivity contribution in [3.05, 3.63) is 42.0 Å². The van der Waals surface area contributed by atoms with Crippen LogP contribution in [0.5, 0.6) is 5.75 Å². The molecule has 2 aromatic carbocycles. The molecule has 0 aromatic heterocycles. The zero-order valence-electron chi connectivity index (χ0n) is 10.1. The van der Waals surface area contributed by atoms with Gasteiger partial charge < -0.3 is 10.1 Å². The number of halogens is 2.